The summed E-state index contributed by atoms with van der Waals surface area (Å²) in [6.45, 7) is -0.451. The molecule has 0 aliphatic carbocycles. The van der Waals surface area contributed by atoms with E-state index >= 15 is 0 Å². The first-order valence-corrected chi connectivity index (χ1v) is 9.66. The van der Waals surface area contributed by atoms with Gasteiger partial charge in [0, 0.05) is 12.6 Å². The zero-order valence-electron chi connectivity index (χ0n) is 13.5. The van der Waals surface area contributed by atoms with Crippen LogP contribution in [0.15, 0.2) is 24.3 Å². The van der Waals surface area contributed by atoms with Crippen molar-refractivity contribution in [2.75, 3.05) is 18.1 Å². The van der Waals surface area contributed by atoms with Crippen LogP contribution in [0.5, 0.6) is 5.75 Å². The highest BCUT2D eigenvalue weighted by atomic mass is 32.2. The molecule has 0 spiro atoms. The molecular formula is C16H21F2NO4S. The molecule has 1 aliphatic heterocycles. The van der Waals surface area contributed by atoms with Gasteiger partial charge < -0.3 is 9.64 Å². The Morgan fingerprint density at radius 2 is 2.00 bits per heavy atom. The Balaban J connectivity index is 2.02. The average Bonchev–Trinajstić information content (AvgIpc) is 2.86. The fourth-order valence-corrected chi connectivity index (χ4v) is 4.57. The number of sulfone groups is 1. The summed E-state index contributed by atoms with van der Waals surface area (Å²) >= 11 is 0. The number of ether oxygens (including phenoxy) is 1. The summed E-state index contributed by atoms with van der Waals surface area (Å²) in [5.41, 5.74) is 0.670. The monoisotopic (exact) mass is 361 g/mol. The maximum atomic E-state index is 12.5. The van der Waals surface area contributed by atoms with Crippen LogP contribution >= 0.6 is 0 Å². The Kier molecular flexibility index (Phi) is 6.15. The van der Waals surface area contributed by atoms with E-state index < -0.39 is 16.4 Å². The zero-order chi connectivity index (χ0) is 17.7. The van der Waals surface area contributed by atoms with Crippen molar-refractivity contribution >= 4 is 15.7 Å². The summed E-state index contributed by atoms with van der Waals surface area (Å²) < 4.78 is 51.8. The van der Waals surface area contributed by atoms with Crippen LogP contribution in [0, 0.1) is 0 Å². The second kappa shape index (κ2) is 7.92. The van der Waals surface area contributed by atoms with E-state index in [2.05, 4.69) is 4.74 Å². The van der Waals surface area contributed by atoms with E-state index in [-0.39, 0.29) is 35.6 Å². The number of nitrogens with zero attached hydrogens (tertiary/aromatic N) is 1. The van der Waals surface area contributed by atoms with Crippen LogP contribution < -0.4 is 4.74 Å². The highest BCUT2D eigenvalue weighted by molar-refractivity contribution is 7.91. The topological polar surface area (TPSA) is 63.7 Å². The van der Waals surface area contributed by atoms with Gasteiger partial charge in [0.1, 0.15) is 5.75 Å². The zero-order valence-corrected chi connectivity index (χ0v) is 14.3. The number of halogens is 2. The van der Waals surface area contributed by atoms with Gasteiger partial charge in [-0.1, -0.05) is 19.1 Å². The van der Waals surface area contributed by atoms with Gasteiger partial charge in [-0.2, -0.15) is 8.78 Å². The Morgan fingerprint density at radius 1 is 1.33 bits per heavy atom. The first kappa shape index (κ1) is 18.6. The highest BCUT2D eigenvalue weighted by Gasteiger charge is 2.34. The Labute approximate surface area is 140 Å². The minimum Gasteiger partial charge on any atom is -0.435 e. The first-order chi connectivity index (χ1) is 11.3. The molecule has 1 aromatic carbocycles. The minimum atomic E-state index is -3.06. The normalized spacial score (nSPS) is 19.4. The maximum Gasteiger partial charge on any atom is 0.387 e. The predicted octanol–water partition coefficient (Wildman–Crippen LogP) is 2.26. The molecule has 0 bridgehead atoms. The molecule has 8 heteroatoms. The maximum absolute atomic E-state index is 12.5. The van der Waals surface area contributed by atoms with E-state index in [4.69, 9.17) is 0 Å². The molecule has 1 fully saturated rings. The Morgan fingerprint density at radius 3 is 2.50 bits per heavy atom. The van der Waals surface area contributed by atoms with E-state index in [9.17, 15) is 22.0 Å². The number of hydrogen-bond donors (Lipinski definition) is 0. The van der Waals surface area contributed by atoms with E-state index in [1.54, 1.807) is 17.0 Å². The second-order valence-corrected chi connectivity index (χ2v) is 8.07. The summed E-state index contributed by atoms with van der Waals surface area (Å²) in [7, 11) is -3.06. The fraction of sp³-hybridized carbons (Fsp3) is 0.562. The van der Waals surface area contributed by atoms with Gasteiger partial charge in [0.15, 0.2) is 9.84 Å². The third-order valence-corrected chi connectivity index (χ3v) is 5.69. The molecule has 2 rings (SSSR count). The molecule has 1 atom stereocenters. The van der Waals surface area contributed by atoms with Crippen molar-refractivity contribution in [2.45, 2.75) is 38.8 Å². The summed E-state index contributed by atoms with van der Waals surface area (Å²) in [4.78, 5) is 14.2. The number of carbonyl (C=O) groups excluding carboxylic acids is 1. The van der Waals surface area contributed by atoms with Crippen molar-refractivity contribution in [2.24, 2.45) is 0 Å². The van der Waals surface area contributed by atoms with E-state index in [0.29, 0.717) is 18.5 Å². The lowest BCUT2D eigenvalue weighted by Gasteiger charge is -2.28. The van der Waals surface area contributed by atoms with E-state index in [0.717, 1.165) is 6.42 Å². The van der Waals surface area contributed by atoms with E-state index in [1.807, 2.05) is 6.92 Å². The summed E-state index contributed by atoms with van der Waals surface area (Å²) in [5, 5.41) is 0. The lowest BCUT2D eigenvalue weighted by molar-refractivity contribution is -0.132. The number of hydrogen-bond acceptors (Lipinski definition) is 4. The third-order valence-electron chi connectivity index (χ3n) is 3.94. The first-order valence-electron chi connectivity index (χ1n) is 7.84. The molecule has 0 saturated carbocycles. The molecular weight excluding hydrogens is 340 g/mol. The average molecular weight is 361 g/mol. The molecule has 1 aromatic rings. The van der Waals surface area contributed by atoms with Gasteiger partial charge in [0.2, 0.25) is 5.91 Å². The van der Waals surface area contributed by atoms with Crippen LogP contribution in [0.3, 0.4) is 0 Å². The summed E-state index contributed by atoms with van der Waals surface area (Å²) in [6, 6.07) is 5.62. The van der Waals surface area contributed by atoms with Gasteiger partial charge in [-0.05, 0) is 30.5 Å². The van der Waals surface area contributed by atoms with Gasteiger partial charge in [0.05, 0.1) is 17.9 Å². The molecule has 0 radical (unpaired) electrons. The van der Waals surface area contributed by atoms with Crippen molar-refractivity contribution in [3.63, 3.8) is 0 Å². The smallest absolute Gasteiger partial charge is 0.387 e. The minimum absolute atomic E-state index is 0.0138. The molecule has 0 aromatic heterocycles. The molecule has 1 saturated heterocycles. The molecule has 1 aliphatic rings. The standard InChI is InChI=1S/C16H21F2NO4S/c1-2-8-19(13-7-9-24(21,22)11-13)15(20)10-12-3-5-14(6-4-12)23-16(17)18/h3-6,13,16H,2,7-11H2,1H3. The second-order valence-electron chi connectivity index (χ2n) is 5.84. The number of amides is 1. The van der Waals surface area contributed by atoms with Crippen LogP contribution in [0.25, 0.3) is 0 Å². The van der Waals surface area contributed by atoms with E-state index in [1.165, 1.54) is 12.1 Å². The third kappa shape index (κ3) is 5.15. The summed E-state index contributed by atoms with van der Waals surface area (Å²) in [6.07, 6.45) is 1.31. The van der Waals surface area contributed by atoms with Gasteiger partial charge in [-0.3, -0.25) is 4.79 Å². The SMILES string of the molecule is CCCN(C(=O)Cc1ccc(OC(F)F)cc1)C1CCS(=O)(=O)C1. The largest absolute Gasteiger partial charge is 0.435 e. The number of carbonyl (C=O) groups is 1. The van der Waals surface area contributed by atoms with Crippen LogP contribution in [0.1, 0.15) is 25.3 Å². The Hall–Kier alpha value is -1.70. The highest BCUT2D eigenvalue weighted by Crippen LogP contribution is 2.20. The van der Waals surface area contributed by atoms with Crippen LogP contribution in [0.4, 0.5) is 8.78 Å². The van der Waals surface area contributed by atoms with Crippen molar-refractivity contribution in [3.05, 3.63) is 29.8 Å². The molecule has 24 heavy (non-hydrogen) atoms. The van der Waals surface area contributed by atoms with Gasteiger partial charge in [0.25, 0.3) is 0 Å². The number of rotatable bonds is 7. The van der Waals surface area contributed by atoms with Crippen molar-refractivity contribution < 1.29 is 26.7 Å². The Bertz CT molecular complexity index is 661. The van der Waals surface area contributed by atoms with Crippen molar-refractivity contribution in [3.8, 4) is 5.75 Å². The lowest BCUT2D eigenvalue weighted by atomic mass is 10.1. The molecule has 5 nitrogen and oxygen atoms in total. The number of alkyl halides is 2. The molecule has 0 N–H and O–H groups in total. The van der Waals surface area contributed by atoms with Gasteiger partial charge >= 0.3 is 6.61 Å². The van der Waals surface area contributed by atoms with Crippen molar-refractivity contribution in [1.29, 1.82) is 0 Å². The quantitative estimate of drug-likeness (QED) is 0.747. The lowest BCUT2D eigenvalue weighted by Crippen LogP contribution is -2.42. The van der Waals surface area contributed by atoms with Gasteiger partial charge in [-0.25, -0.2) is 8.42 Å². The van der Waals surface area contributed by atoms with Crippen molar-refractivity contribution in [1.82, 2.24) is 4.90 Å². The fourth-order valence-electron chi connectivity index (χ4n) is 2.84. The van der Waals surface area contributed by atoms with Crippen LogP contribution in [-0.2, 0) is 21.1 Å². The summed E-state index contributed by atoms with van der Waals surface area (Å²) in [5.74, 6) is 0.0139. The number of benzene rings is 1. The molecule has 1 amide bonds. The molecule has 1 unspecified atom stereocenters. The van der Waals surface area contributed by atoms with Crippen LogP contribution in [0.2, 0.25) is 0 Å². The van der Waals surface area contributed by atoms with Gasteiger partial charge in [-0.15, -0.1) is 0 Å². The predicted molar refractivity (Wildman–Crippen MR) is 85.8 cm³/mol. The van der Waals surface area contributed by atoms with Crippen LogP contribution in [-0.4, -0.2) is 49.9 Å². The molecule has 134 valence electrons. The molecule has 1 heterocycles.